The maximum atomic E-state index is 4.21. The Morgan fingerprint density at radius 1 is 1.27 bits per heavy atom. The first-order valence-electron chi connectivity index (χ1n) is 4.94. The van der Waals surface area contributed by atoms with Crippen LogP contribution in [0.1, 0.15) is 0 Å². The first-order valence-corrected chi connectivity index (χ1v) is 4.94. The van der Waals surface area contributed by atoms with E-state index in [4.69, 9.17) is 0 Å². The number of rotatable bonds is 1. The average molecular weight is 197 g/mol. The quantitative estimate of drug-likeness (QED) is 0.748. The molecule has 0 saturated heterocycles. The summed E-state index contributed by atoms with van der Waals surface area (Å²) in [6.45, 7) is 0.697. The van der Waals surface area contributed by atoms with Crippen molar-refractivity contribution in [3.63, 3.8) is 0 Å². The summed E-state index contributed by atoms with van der Waals surface area (Å²) in [5.74, 6) is 0. The smallest absolute Gasteiger partial charge is 0.114 e. The molecule has 0 aliphatic carbocycles. The van der Waals surface area contributed by atoms with E-state index in [2.05, 4.69) is 39.1 Å². The van der Waals surface area contributed by atoms with Crippen molar-refractivity contribution in [1.82, 2.24) is 4.98 Å². The lowest BCUT2D eigenvalue weighted by Crippen LogP contribution is -2.18. The van der Waals surface area contributed by atoms with Gasteiger partial charge in [-0.25, -0.2) is 0 Å². The molecular weight excluding hydrogens is 186 g/mol. The summed E-state index contributed by atoms with van der Waals surface area (Å²) in [4.78, 5) is 9.53. The van der Waals surface area contributed by atoms with Crippen molar-refractivity contribution in [3.05, 3.63) is 42.7 Å². The first kappa shape index (κ1) is 8.29. The zero-order valence-corrected chi connectivity index (χ0v) is 8.22. The Bertz CT molecular complexity index is 537. The van der Waals surface area contributed by atoms with Gasteiger partial charge in [-0.3, -0.25) is 4.99 Å². The summed E-state index contributed by atoms with van der Waals surface area (Å²) in [5, 5.41) is 1.24. The van der Waals surface area contributed by atoms with E-state index in [9.17, 15) is 0 Å². The summed E-state index contributed by atoms with van der Waals surface area (Å²) in [7, 11) is 0. The highest BCUT2D eigenvalue weighted by molar-refractivity contribution is 5.83. The standard InChI is InChI=1S/C12H11N3/c1-5-13-9-15(7-1)11-3-2-10-4-6-14-12(10)8-11/h1-8,14H,9H2. The molecule has 0 atom stereocenters. The molecule has 0 amide bonds. The summed E-state index contributed by atoms with van der Waals surface area (Å²) >= 11 is 0. The Kier molecular flexibility index (Phi) is 1.81. The number of nitrogens with one attached hydrogen (secondary N) is 1. The fourth-order valence-electron chi connectivity index (χ4n) is 1.77. The van der Waals surface area contributed by atoms with E-state index in [0.29, 0.717) is 6.67 Å². The largest absolute Gasteiger partial charge is 0.361 e. The van der Waals surface area contributed by atoms with E-state index in [-0.39, 0.29) is 0 Å². The molecule has 1 aromatic carbocycles. The summed E-state index contributed by atoms with van der Waals surface area (Å²) in [6, 6.07) is 8.44. The van der Waals surface area contributed by atoms with E-state index in [1.165, 1.54) is 5.39 Å². The molecule has 0 spiro atoms. The van der Waals surface area contributed by atoms with Crippen LogP contribution in [0.3, 0.4) is 0 Å². The van der Waals surface area contributed by atoms with Crippen molar-refractivity contribution in [2.24, 2.45) is 4.99 Å². The molecule has 0 saturated carbocycles. The average Bonchev–Trinajstić information content (AvgIpc) is 2.77. The van der Waals surface area contributed by atoms with E-state index < -0.39 is 0 Å². The van der Waals surface area contributed by atoms with Gasteiger partial charge in [0, 0.05) is 29.8 Å². The van der Waals surface area contributed by atoms with Gasteiger partial charge in [-0.2, -0.15) is 0 Å². The Morgan fingerprint density at radius 3 is 3.13 bits per heavy atom. The number of anilines is 1. The number of allylic oxidation sites excluding steroid dienone is 1. The lowest BCUT2D eigenvalue weighted by Gasteiger charge is -2.19. The van der Waals surface area contributed by atoms with Crippen LogP contribution in [0.25, 0.3) is 10.9 Å². The molecule has 1 aliphatic rings. The number of H-pyrrole nitrogens is 1. The van der Waals surface area contributed by atoms with Crippen LogP contribution in [0.4, 0.5) is 5.69 Å². The van der Waals surface area contributed by atoms with E-state index in [1.54, 1.807) is 0 Å². The first-order chi connectivity index (χ1) is 7.43. The molecule has 0 unspecified atom stereocenters. The van der Waals surface area contributed by atoms with Crippen molar-refractivity contribution in [1.29, 1.82) is 0 Å². The van der Waals surface area contributed by atoms with Crippen LogP contribution < -0.4 is 4.90 Å². The lowest BCUT2D eigenvalue weighted by molar-refractivity contribution is 0.971. The number of nitrogens with zero attached hydrogens (tertiary/aromatic N) is 2. The van der Waals surface area contributed by atoms with Gasteiger partial charge in [0.05, 0.1) is 0 Å². The van der Waals surface area contributed by atoms with Crippen molar-refractivity contribution in [2.45, 2.75) is 0 Å². The molecule has 74 valence electrons. The van der Waals surface area contributed by atoms with Crippen LogP contribution >= 0.6 is 0 Å². The number of fused-ring (bicyclic) bond motifs is 1. The Labute approximate surface area is 87.7 Å². The van der Waals surface area contributed by atoms with Gasteiger partial charge in [-0.15, -0.1) is 0 Å². The maximum Gasteiger partial charge on any atom is 0.114 e. The monoisotopic (exact) mass is 197 g/mol. The number of hydrogen-bond donors (Lipinski definition) is 1. The SMILES string of the molecule is C1=CN(c2ccc3cc[nH]c3c2)CN=C1. The van der Waals surface area contributed by atoms with Crippen LogP contribution in [0, 0.1) is 0 Å². The number of hydrogen-bond acceptors (Lipinski definition) is 2. The summed E-state index contributed by atoms with van der Waals surface area (Å²) in [5.41, 5.74) is 2.33. The third-order valence-electron chi connectivity index (χ3n) is 2.56. The predicted molar refractivity (Wildman–Crippen MR) is 63.3 cm³/mol. The number of aliphatic imine (C=N–C) groups is 1. The maximum absolute atomic E-state index is 4.21. The highest BCUT2D eigenvalue weighted by Crippen LogP contribution is 2.21. The number of benzene rings is 1. The lowest BCUT2D eigenvalue weighted by atomic mass is 10.2. The minimum Gasteiger partial charge on any atom is -0.361 e. The topological polar surface area (TPSA) is 31.4 Å². The molecule has 1 aromatic heterocycles. The van der Waals surface area contributed by atoms with E-state index in [1.807, 2.05) is 24.7 Å². The Hall–Kier alpha value is -2.03. The van der Waals surface area contributed by atoms with Crippen molar-refractivity contribution >= 4 is 22.8 Å². The molecule has 1 N–H and O–H groups in total. The van der Waals surface area contributed by atoms with E-state index in [0.717, 1.165) is 11.2 Å². The fraction of sp³-hybridized carbons (Fsp3) is 0.0833. The van der Waals surface area contributed by atoms with Gasteiger partial charge in [0.15, 0.2) is 0 Å². The predicted octanol–water partition coefficient (Wildman–Crippen LogP) is 2.53. The number of aromatic nitrogens is 1. The second kappa shape index (κ2) is 3.28. The molecule has 15 heavy (non-hydrogen) atoms. The highest BCUT2D eigenvalue weighted by Gasteiger charge is 2.04. The van der Waals surface area contributed by atoms with Crippen molar-refractivity contribution in [2.75, 3.05) is 11.6 Å². The normalized spacial score (nSPS) is 15.1. The Balaban J connectivity index is 2.03. The van der Waals surface area contributed by atoms with Gasteiger partial charge in [-0.05, 0) is 29.7 Å². The molecule has 0 fully saturated rings. The molecule has 0 radical (unpaired) electrons. The van der Waals surface area contributed by atoms with Crippen LogP contribution in [-0.2, 0) is 0 Å². The van der Waals surface area contributed by atoms with Gasteiger partial charge in [-0.1, -0.05) is 6.07 Å². The molecule has 1 aliphatic heterocycles. The summed E-state index contributed by atoms with van der Waals surface area (Å²) < 4.78 is 0. The van der Waals surface area contributed by atoms with Crippen LogP contribution in [0.2, 0.25) is 0 Å². The molecule has 2 aromatic rings. The van der Waals surface area contributed by atoms with Crippen LogP contribution in [0.5, 0.6) is 0 Å². The second-order valence-corrected chi connectivity index (χ2v) is 3.53. The van der Waals surface area contributed by atoms with Crippen molar-refractivity contribution < 1.29 is 0 Å². The van der Waals surface area contributed by atoms with Gasteiger partial charge >= 0.3 is 0 Å². The van der Waals surface area contributed by atoms with Crippen LogP contribution in [-0.4, -0.2) is 17.9 Å². The molecular formula is C12H11N3. The van der Waals surface area contributed by atoms with Crippen molar-refractivity contribution in [3.8, 4) is 0 Å². The van der Waals surface area contributed by atoms with Gasteiger partial charge in [0.25, 0.3) is 0 Å². The van der Waals surface area contributed by atoms with Crippen LogP contribution in [0.15, 0.2) is 47.7 Å². The molecule has 0 bridgehead atoms. The minimum atomic E-state index is 0.697. The van der Waals surface area contributed by atoms with Gasteiger partial charge in [0.2, 0.25) is 0 Å². The highest BCUT2D eigenvalue weighted by atomic mass is 15.2. The Morgan fingerprint density at radius 2 is 2.27 bits per heavy atom. The zero-order chi connectivity index (χ0) is 10.1. The zero-order valence-electron chi connectivity index (χ0n) is 8.22. The number of aromatic amines is 1. The van der Waals surface area contributed by atoms with Gasteiger partial charge in [0.1, 0.15) is 6.67 Å². The molecule has 3 heteroatoms. The molecule has 2 heterocycles. The summed E-state index contributed by atoms with van der Waals surface area (Å²) in [6.07, 6.45) is 7.77. The van der Waals surface area contributed by atoms with E-state index >= 15 is 0 Å². The minimum absolute atomic E-state index is 0.697. The second-order valence-electron chi connectivity index (χ2n) is 3.53. The molecule has 3 nitrogen and oxygen atoms in total. The third kappa shape index (κ3) is 1.42. The molecule has 3 rings (SSSR count). The van der Waals surface area contributed by atoms with Gasteiger partial charge < -0.3 is 9.88 Å². The third-order valence-corrected chi connectivity index (χ3v) is 2.56. The fourth-order valence-corrected chi connectivity index (χ4v) is 1.77.